The van der Waals surface area contributed by atoms with Gasteiger partial charge in [-0.2, -0.15) is 0 Å². The smallest absolute Gasteiger partial charge is 0.0554 e. The molecule has 3 heteroatoms. The van der Waals surface area contributed by atoms with Gasteiger partial charge in [0, 0.05) is 0 Å². The Kier molecular flexibility index (Phi) is 4.45. The maximum atomic E-state index is 3.73. The molecule has 0 aliphatic carbocycles. The molecule has 0 aliphatic rings. The zero-order valence-corrected chi connectivity index (χ0v) is 9.52. The van der Waals surface area contributed by atoms with Gasteiger partial charge in [0.2, 0.25) is 0 Å². The molecule has 0 aromatic heterocycles. The number of hydrogen-bond donors (Lipinski definition) is 0. The molecule has 0 nitrogen and oxygen atoms in total. The Morgan fingerprint density at radius 3 is 1.50 bits per heavy atom. The van der Waals surface area contributed by atoms with Crippen LogP contribution in [0.4, 0.5) is 0 Å². The van der Waals surface area contributed by atoms with Gasteiger partial charge in [-0.05, 0) is 6.42 Å². The fourth-order valence-corrected chi connectivity index (χ4v) is 0. The van der Waals surface area contributed by atoms with Gasteiger partial charge in [0.1, 0.15) is -0.565 Å². The summed E-state index contributed by atoms with van der Waals surface area (Å²) in [6.45, 7) is 3.73. The molecule has 0 fully saturated rings. The molecule has 0 N–H and O–H groups in total. The molecule has 0 heterocycles. The summed E-state index contributed by atoms with van der Waals surface area (Å²) in [5, 5.41) is 0. The molecule has 0 bridgehead atoms. The van der Waals surface area contributed by atoms with Gasteiger partial charge in [-0.1, -0.05) is 74.7 Å². The van der Waals surface area contributed by atoms with Crippen LogP contribution in [0.2, 0.25) is 0 Å². The van der Waals surface area contributed by atoms with Gasteiger partial charge in [-0.3, -0.25) is 0 Å². The maximum Gasteiger partial charge on any atom is 0.124 e. The molecule has 37 valence electrons. The molecule has 0 aromatic carbocycles. The van der Waals surface area contributed by atoms with Gasteiger partial charge in [0.25, 0.3) is 0 Å². The summed E-state index contributed by atoms with van der Waals surface area (Å²) >= 11 is 7.05. The molecule has 0 amide bonds. The lowest BCUT2D eigenvalue weighted by Gasteiger charge is -2.04. The van der Waals surface area contributed by atoms with Crippen molar-refractivity contribution in [2.75, 3.05) is 0 Å². The van der Waals surface area contributed by atoms with Crippen LogP contribution in [0.1, 0.15) is 6.42 Å². The van der Waals surface area contributed by atoms with Crippen molar-refractivity contribution in [3.8, 4) is 0 Å². The Bertz CT molecular complexity index is 35.8. The minimum atomic E-state index is 0.341. The van der Waals surface area contributed by atoms with Crippen molar-refractivity contribution in [1.29, 1.82) is 0 Å². The second-order valence-electron chi connectivity index (χ2n) is 0.865. The fraction of sp³-hybridized carbons (Fsp3) is 0.667. The standard InChI is InChI=1S/C3H4I3/c1-2-3(4,5)6/h1-2H2. The van der Waals surface area contributed by atoms with E-state index in [1.165, 1.54) is 0 Å². The van der Waals surface area contributed by atoms with E-state index in [2.05, 4.69) is 74.7 Å². The molecule has 0 aliphatic heterocycles. The Labute approximate surface area is 79.3 Å². The van der Waals surface area contributed by atoms with Crippen LogP contribution in [0, 0.1) is 6.92 Å². The third kappa shape index (κ3) is 6.19. The molecular formula is C3H4I3. The first-order valence-electron chi connectivity index (χ1n) is 1.42. The maximum absolute atomic E-state index is 3.73. The molecule has 1 radical (unpaired) electrons. The van der Waals surface area contributed by atoms with Crippen molar-refractivity contribution in [1.82, 2.24) is 0 Å². The van der Waals surface area contributed by atoms with Crippen LogP contribution in [0.3, 0.4) is 0 Å². The molecule has 0 rings (SSSR count). The minimum absolute atomic E-state index is 0.341. The van der Waals surface area contributed by atoms with Crippen molar-refractivity contribution in [3.63, 3.8) is 0 Å². The summed E-state index contributed by atoms with van der Waals surface area (Å²) in [6.07, 6.45) is 0.981. The van der Waals surface area contributed by atoms with E-state index < -0.39 is 0 Å². The van der Waals surface area contributed by atoms with Crippen LogP contribution in [0.5, 0.6) is 0 Å². The summed E-state index contributed by atoms with van der Waals surface area (Å²) in [5.74, 6) is 0. The van der Waals surface area contributed by atoms with Gasteiger partial charge in [0.15, 0.2) is 0 Å². The lowest BCUT2D eigenvalue weighted by atomic mass is 10.6. The third-order valence-corrected chi connectivity index (χ3v) is 1.90. The summed E-state index contributed by atoms with van der Waals surface area (Å²) in [6, 6.07) is 0. The molecule has 0 atom stereocenters. The fourth-order valence-electron chi connectivity index (χ4n) is 0. The monoisotopic (exact) mass is 421 g/mol. The van der Waals surface area contributed by atoms with Crippen molar-refractivity contribution in [3.05, 3.63) is 6.92 Å². The first-order valence-corrected chi connectivity index (χ1v) is 4.66. The van der Waals surface area contributed by atoms with Gasteiger partial charge >= 0.3 is 0 Å². The van der Waals surface area contributed by atoms with Crippen LogP contribution in [0.15, 0.2) is 0 Å². The van der Waals surface area contributed by atoms with Gasteiger partial charge in [-0.15, -0.1) is 0 Å². The number of rotatable bonds is 1. The van der Waals surface area contributed by atoms with E-state index in [-0.39, 0.29) is 0 Å². The van der Waals surface area contributed by atoms with Crippen LogP contribution in [-0.4, -0.2) is -0.565 Å². The first-order chi connectivity index (χ1) is 2.56. The summed E-state index contributed by atoms with van der Waals surface area (Å²) in [5.41, 5.74) is 0. The lowest BCUT2D eigenvalue weighted by molar-refractivity contribution is 1.22. The number of hydrogen-bond acceptors (Lipinski definition) is 0. The number of halogens is 3. The molecule has 0 saturated carbocycles. The molecule has 6 heavy (non-hydrogen) atoms. The van der Waals surface area contributed by atoms with E-state index in [0.717, 1.165) is 6.42 Å². The van der Waals surface area contributed by atoms with Crippen LogP contribution in [0.25, 0.3) is 0 Å². The minimum Gasteiger partial charge on any atom is -0.0554 e. The zero-order valence-electron chi connectivity index (χ0n) is 3.05. The summed E-state index contributed by atoms with van der Waals surface area (Å²) in [4.78, 5) is 0. The van der Waals surface area contributed by atoms with Crippen molar-refractivity contribution in [2.45, 2.75) is 5.86 Å². The van der Waals surface area contributed by atoms with Gasteiger partial charge < -0.3 is 0 Å². The summed E-state index contributed by atoms with van der Waals surface area (Å²) < 4.78 is 0.341. The molecule has 0 aromatic rings. The average Bonchev–Trinajstić information content (AvgIpc) is 1.35. The highest BCUT2D eigenvalue weighted by atomic mass is 127. The van der Waals surface area contributed by atoms with E-state index >= 15 is 0 Å². The van der Waals surface area contributed by atoms with Crippen LogP contribution < -0.4 is 0 Å². The van der Waals surface area contributed by atoms with E-state index in [1.54, 1.807) is 0 Å². The van der Waals surface area contributed by atoms with Crippen LogP contribution in [-0.2, 0) is 0 Å². The SMILES string of the molecule is [CH2]CC(I)(I)I. The molecular weight excluding hydrogens is 417 g/mol. The van der Waals surface area contributed by atoms with E-state index in [0.29, 0.717) is -0.565 Å². The largest absolute Gasteiger partial charge is 0.124 e. The van der Waals surface area contributed by atoms with E-state index in [9.17, 15) is 0 Å². The Morgan fingerprint density at radius 2 is 1.50 bits per heavy atom. The molecule has 0 spiro atoms. The zero-order chi connectivity index (χ0) is 5.21. The predicted molar refractivity (Wildman–Crippen MR) is 54.8 cm³/mol. The van der Waals surface area contributed by atoms with E-state index in [1.807, 2.05) is 0 Å². The van der Waals surface area contributed by atoms with Gasteiger partial charge in [-0.25, -0.2) is 0 Å². The average molecular weight is 421 g/mol. The number of alkyl halides is 3. The highest BCUT2D eigenvalue weighted by molar-refractivity contribution is 14.3. The second kappa shape index (κ2) is 3.26. The summed E-state index contributed by atoms with van der Waals surface area (Å²) in [7, 11) is 0. The normalized spacial score (nSPS) is 12.0. The van der Waals surface area contributed by atoms with Crippen LogP contribution >= 0.6 is 67.8 Å². The topological polar surface area (TPSA) is 0 Å². The van der Waals surface area contributed by atoms with Crippen molar-refractivity contribution in [2.24, 2.45) is 0 Å². The molecule has 0 unspecified atom stereocenters. The van der Waals surface area contributed by atoms with Gasteiger partial charge in [0.05, 0.1) is 0 Å². The quantitative estimate of drug-likeness (QED) is 0.451. The molecule has 0 saturated heterocycles. The Balaban J connectivity index is 3.17. The second-order valence-corrected chi connectivity index (χ2v) is 12.6. The highest BCUT2D eigenvalue weighted by Gasteiger charge is 2.11. The Morgan fingerprint density at radius 1 is 1.33 bits per heavy atom. The third-order valence-electron chi connectivity index (χ3n) is 0.283. The van der Waals surface area contributed by atoms with Crippen molar-refractivity contribution >= 4 is 67.8 Å². The van der Waals surface area contributed by atoms with Crippen molar-refractivity contribution < 1.29 is 0 Å². The lowest BCUT2D eigenvalue weighted by Crippen LogP contribution is -1.92. The Hall–Kier alpha value is 2.19. The first kappa shape index (κ1) is 8.19. The van der Waals surface area contributed by atoms with E-state index in [4.69, 9.17) is 0 Å². The highest BCUT2D eigenvalue weighted by Crippen LogP contribution is 2.37. The predicted octanol–water partition coefficient (Wildman–Crippen LogP) is 3.17.